The summed E-state index contributed by atoms with van der Waals surface area (Å²) in [6.07, 6.45) is 0.436. The summed E-state index contributed by atoms with van der Waals surface area (Å²) in [5.74, 6) is 2.35. The van der Waals surface area contributed by atoms with Gasteiger partial charge in [-0.15, -0.1) is 0 Å². The number of carbonyl (C=O) groups is 1. The van der Waals surface area contributed by atoms with Crippen molar-refractivity contribution in [3.05, 3.63) is 51.6 Å². The molecular formula is C21H26INO4. The molecule has 146 valence electrons. The number of amides is 1. The maximum absolute atomic E-state index is 12.0. The highest BCUT2D eigenvalue weighted by atomic mass is 127. The molecule has 0 atom stereocenters. The van der Waals surface area contributed by atoms with E-state index in [-0.39, 0.29) is 6.09 Å². The van der Waals surface area contributed by atoms with Gasteiger partial charge in [0, 0.05) is 13.6 Å². The average molecular weight is 483 g/mol. The third-order valence-electron chi connectivity index (χ3n) is 3.72. The van der Waals surface area contributed by atoms with Crippen LogP contribution in [0.4, 0.5) is 4.79 Å². The fourth-order valence-corrected chi connectivity index (χ4v) is 2.97. The number of hydrogen-bond acceptors (Lipinski definition) is 4. The second-order valence-electron chi connectivity index (χ2n) is 7.19. The third-order valence-corrected chi connectivity index (χ3v) is 4.57. The molecule has 5 nitrogen and oxygen atoms in total. The van der Waals surface area contributed by atoms with E-state index in [9.17, 15) is 4.79 Å². The zero-order valence-corrected chi connectivity index (χ0v) is 18.6. The summed E-state index contributed by atoms with van der Waals surface area (Å²) >= 11 is 2.26. The van der Waals surface area contributed by atoms with E-state index in [0.717, 1.165) is 32.8 Å². The van der Waals surface area contributed by atoms with Gasteiger partial charge in [0.2, 0.25) is 0 Å². The molecule has 0 aromatic heterocycles. The molecule has 2 aromatic carbocycles. The van der Waals surface area contributed by atoms with Crippen molar-refractivity contribution < 1.29 is 19.0 Å². The summed E-state index contributed by atoms with van der Waals surface area (Å²) in [5.41, 5.74) is 0.651. The van der Waals surface area contributed by atoms with Crippen LogP contribution in [0.3, 0.4) is 0 Å². The Hall–Kier alpha value is -1.96. The Morgan fingerprint density at radius 3 is 2.26 bits per heavy atom. The van der Waals surface area contributed by atoms with Crippen LogP contribution in [0, 0.1) is 3.57 Å². The lowest BCUT2D eigenvalue weighted by molar-refractivity contribution is 0.0301. The lowest BCUT2D eigenvalue weighted by Crippen LogP contribution is -2.35. The van der Waals surface area contributed by atoms with Crippen LogP contribution >= 0.6 is 22.6 Å². The van der Waals surface area contributed by atoms with Gasteiger partial charge in [-0.05, 0) is 91.7 Å². The number of nitrogens with zero attached hydrogens (tertiary/aromatic N) is 1. The SMILES string of the molecule is COc1ccc(Oc2ccc(CCN(C)C(=O)OC(C)(C)C)cc2I)cc1. The molecule has 0 fully saturated rings. The summed E-state index contributed by atoms with van der Waals surface area (Å²) < 4.78 is 17.5. The van der Waals surface area contributed by atoms with E-state index in [4.69, 9.17) is 14.2 Å². The van der Waals surface area contributed by atoms with Crippen molar-refractivity contribution in [3.8, 4) is 17.2 Å². The van der Waals surface area contributed by atoms with Crippen LogP contribution in [0.15, 0.2) is 42.5 Å². The molecular weight excluding hydrogens is 457 g/mol. The van der Waals surface area contributed by atoms with E-state index in [1.807, 2.05) is 57.2 Å². The molecule has 0 saturated carbocycles. The number of carbonyl (C=O) groups excluding carboxylic acids is 1. The molecule has 0 aliphatic heterocycles. The highest BCUT2D eigenvalue weighted by Crippen LogP contribution is 2.29. The molecule has 0 spiro atoms. The molecule has 0 aliphatic rings. The molecule has 0 saturated heterocycles. The first-order valence-corrected chi connectivity index (χ1v) is 9.80. The average Bonchev–Trinajstić information content (AvgIpc) is 2.61. The van der Waals surface area contributed by atoms with Crippen molar-refractivity contribution in [2.75, 3.05) is 20.7 Å². The predicted octanol–water partition coefficient (Wildman–Crippen LogP) is 5.50. The van der Waals surface area contributed by atoms with Crippen LogP contribution in [0.1, 0.15) is 26.3 Å². The highest BCUT2D eigenvalue weighted by Gasteiger charge is 2.19. The molecule has 2 aromatic rings. The number of benzene rings is 2. The first-order valence-electron chi connectivity index (χ1n) is 8.72. The second kappa shape index (κ2) is 9.30. The molecule has 0 N–H and O–H groups in total. The number of likely N-dealkylation sites (N-methyl/N-ethyl adjacent to an activating group) is 1. The van der Waals surface area contributed by atoms with Crippen LogP contribution in [0.5, 0.6) is 17.2 Å². The summed E-state index contributed by atoms with van der Waals surface area (Å²) in [4.78, 5) is 13.6. The van der Waals surface area contributed by atoms with Crippen LogP contribution in [0.25, 0.3) is 0 Å². The third kappa shape index (κ3) is 6.93. The van der Waals surface area contributed by atoms with Crippen molar-refractivity contribution in [1.29, 1.82) is 0 Å². The molecule has 2 rings (SSSR count). The molecule has 27 heavy (non-hydrogen) atoms. The molecule has 0 heterocycles. The monoisotopic (exact) mass is 483 g/mol. The van der Waals surface area contributed by atoms with Crippen molar-refractivity contribution in [2.45, 2.75) is 32.8 Å². The largest absolute Gasteiger partial charge is 0.497 e. The van der Waals surface area contributed by atoms with Gasteiger partial charge in [0.1, 0.15) is 22.8 Å². The lowest BCUT2D eigenvalue weighted by Gasteiger charge is -2.24. The van der Waals surface area contributed by atoms with E-state index in [1.165, 1.54) is 0 Å². The predicted molar refractivity (Wildman–Crippen MR) is 115 cm³/mol. The Kier molecular flexibility index (Phi) is 7.35. The first-order chi connectivity index (χ1) is 12.7. The van der Waals surface area contributed by atoms with E-state index in [0.29, 0.717) is 6.54 Å². The van der Waals surface area contributed by atoms with Gasteiger partial charge in [0.25, 0.3) is 0 Å². The summed E-state index contributed by atoms with van der Waals surface area (Å²) in [5, 5.41) is 0. The van der Waals surface area contributed by atoms with Crippen LogP contribution in [-0.4, -0.2) is 37.3 Å². The van der Waals surface area contributed by atoms with Crippen molar-refractivity contribution in [2.24, 2.45) is 0 Å². The molecule has 0 radical (unpaired) electrons. The van der Waals surface area contributed by atoms with Crippen molar-refractivity contribution in [1.82, 2.24) is 4.90 Å². The van der Waals surface area contributed by atoms with Crippen LogP contribution in [-0.2, 0) is 11.2 Å². The smallest absolute Gasteiger partial charge is 0.410 e. The van der Waals surface area contributed by atoms with Gasteiger partial charge in [0.05, 0.1) is 10.7 Å². The zero-order chi connectivity index (χ0) is 20.0. The van der Waals surface area contributed by atoms with Crippen LogP contribution in [0.2, 0.25) is 0 Å². The minimum atomic E-state index is -0.485. The summed E-state index contributed by atoms with van der Waals surface area (Å²) in [7, 11) is 3.39. The van der Waals surface area contributed by atoms with Gasteiger partial charge in [-0.25, -0.2) is 4.79 Å². The number of hydrogen-bond donors (Lipinski definition) is 0. The number of rotatable bonds is 6. The molecule has 0 aliphatic carbocycles. The Labute approximate surface area is 174 Å². The quantitative estimate of drug-likeness (QED) is 0.509. The Bertz CT molecular complexity index is 769. The van der Waals surface area contributed by atoms with Gasteiger partial charge in [-0.3, -0.25) is 0 Å². The maximum Gasteiger partial charge on any atom is 0.410 e. The van der Waals surface area contributed by atoms with Crippen LogP contribution < -0.4 is 9.47 Å². The first kappa shape index (κ1) is 21.3. The fraction of sp³-hybridized carbons (Fsp3) is 0.381. The number of methoxy groups -OCH3 is 1. The maximum atomic E-state index is 12.0. The van der Waals surface area contributed by atoms with Gasteiger partial charge in [-0.1, -0.05) is 6.07 Å². The van der Waals surface area contributed by atoms with E-state index in [1.54, 1.807) is 19.1 Å². The molecule has 6 heteroatoms. The van der Waals surface area contributed by atoms with Gasteiger partial charge in [0.15, 0.2) is 0 Å². The highest BCUT2D eigenvalue weighted by molar-refractivity contribution is 14.1. The summed E-state index contributed by atoms with van der Waals surface area (Å²) in [6, 6.07) is 13.5. The van der Waals surface area contributed by atoms with Gasteiger partial charge < -0.3 is 19.1 Å². The second-order valence-corrected chi connectivity index (χ2v) is 8.36. The summed E-state index contributed by atoms with van der Waals surface area (Å²) in [6.45, 7) is 6.18. The number of halogens is 1. The van der Waals surface area contributed by atoms with Gasteiger partial charge >= 0.3 is 6.09 Å². The van der Waals surface area contributed by atoms with Crippen molar-refractivity contribution >= 4 is 28.7 Å². The van der Waals surface area contributed by atoms with E-state index >= 15 is 0 Å². The molecule has 1 amide bonds. The number of ether oxygens (including phenoxy) is 3. The fourth-order valence-electron chi connectivity index (χ4n) is 2.28. The van der Waals surface area contributed by atoms with Crippen molar-refractivity contribution in [3.63, 3.8) is 0 Å². The minimum Gasteiger partial charge on any atom is -0.497 e. The Balaban J connectivity index is 1.94. The zero-order valence-electron chi connectivity index (χ0n) is 16.4. The topological polar surface area (TPSA) is 48.0 Å². The lowest BCUT2D eigenvalue weighted by atomic mass is 10.1. The Morgan fingerprint density at radius 1 is 1.07 bits per heavy atom. The molecule has 0 bridgehead atoms. The van der Waals surface area contributed by atoms with E-state index in [2.05, 4.69) is 28.7 Å². The molecule has 0 unspecified atom stereocenters. The van der Waals surface area contributed by atoms with Gasteiger partial charge in [-0.2, -0.15) is 0 Å². The Morgan fingerprint density at radius 2 is 1.70 bits per heavy atom. The standard InChI is InChI=1S/C21H26INO4/c1-21(2,3)27-20(24)23(4)13-12-15-6-11-19(18(22)14-15)26-17-9-7-16(25-5)8-10-17/h6-11,14H,12-13H2,1-5H3. The minimum absolute atomic E-state index is 0.309. The normalized spacial score (nSPS) is 11.0. The van der Waals surface area contributed by atoms with E-state index < -0.39 is 5.60 Å².